The monoisotopic (exact) mass is 288 g/mol. The average molecular weight is 288 g/mol. The van der Waals surface area contributed by atoms with E-state index < -0.39 is 7.12 Å². The minimum absolute atomic E-state index is 0. The summed E-state index contributed by atoms with van der Waals surface area (Å²) in [4.78, 5) is 0.746. The van der Waals surface area contributed by atoms with Gasteiger partial charge in [-0.1, -0.05) is 12.1 Å². The van der Waals surface area contributed by atoms with Gasteiger partial charge in [0.05, 0.1) is 11.2 Å². The molecule has 19 heavy (non-hydrogen) atoms. The molecule has 3 N–H and O–H groups in total. The first kappa shape index (κ1) is 17.4. The molecule has 1 aliphatic heterocycles. The van der Waals surface area contributed by atoms with Gasteiger partial charge in [-0.2, -0.15) is 0 Å². The van der Waals surface area contributed by atoms with Crippen LogP contribution in [0.5, 0.6) is 0 Å². The number of benzene rings is 1. The van der Waals surface area contributed by atoms with E-state index >= 15 is 0 Å². The summed E-state index contributed by atoms with van der Waals surface area (Å²) in [5.74, 6) is 0. The molecule has 0 spiro atoms. The largest absolute Gasteiger partial charge is 1.00 e. The Morgan fingerprint density at radius 3 is 2.11 bits per heavy atom. The van der Waals surface area contributed by atoms with E-state index in [2.05, 4.69) is 0 Å². The molecule has 1 aliphatic rings. The molecule has 0 aromatic heterocycles. The third kappa shape index (κ3) is 3.32. The van der Waals surface area contributed by atoms with Crippen LogP contribution in [0.4, 0.5) is 5.69 Å². The molecular formula is C12H18BN2NaO2S. The van der Waals surface area contributed by atoms with Crippen molar-refractivity contribution < 1.29 is 38.9 Å². The van der Waals surface area contributed by atoms with Gasteiger partial charge in [-0.05, 0) is 51.2 Å². The molecule has 1 aromatic carbocycles. The van der Waals surface area contributed by atoms with Gasteiger partial charge in [0.1, 0.15) is 0 Å². The molecule has 2 rings (SSSR count). The first-order chi connectivity index (χ1) is 8.27. The van der Waals surface area contributed by atoms with Crippen molar-refractivity contribution in [1.29, 1.82) is 0 Å². The molecule has 0 amide bonds. The standard InChI is InChI=1S/C12H18BN2O2S.Na/c1-11(2)12(3,4)17-13(16-11)8-5-6-10(18-15)9(14)7-8;/h5-7,14H,15H2,1-4H3;/q-1;+1. The SMILES string of the molecule is CC1(C)OB(c2ccc(SN)c([NH-])c2)OC1(C)C.[Na+]. The second kappa shape index (κ2) is 5.97. The summed E-state index contributed by atoms with van der Waals surface area (Å²) in [5.41, 5.74) is 8.40. The second-order valence-electron chi connectivity index (χ2n) is 5.46. The van der Waals surface area contributed by atoms with Crippen LogP contribution in [0.1, 0.15) is 27.7 Å². The van der Waals surface area contributed by atoms with Crippen LogP contribution in [0.25, 0.3) is 5.73 Å². The van der Waals surface area contributed by atoms with Crippen LogP contribution >= 0.6 is 11.9 Å². The molecule has 1 heterocycles. The van der Waals surface area contributed by atoms with Gasteiger partial charge in [0.15, 0.2) is 0 Å². The summed E-state index contributed by atoms with van der Waals surface area (Å²) in [5, 5.41) is 5.47. The Labute approximate surface area is 141 Å². The molecular weight excluding hydrogens is 270 g/mol. The van der Waals surface area contributed by atoms with Crippen molar-refractivity contribution in [1.82, 2.24) is 0 Å². The Bertz CT molecular complexity index is 455. The van der Waals surface area contributed by atoms with Crippen molar-refractivity contribution in [2.75, 3.05) is 0 Å². The Kier molecular flexibility index (Phi) is 5.46. The minimum Gasteiger partial charge on any atom is -0.698 e. The number of rotatable bonds is 2. The fraction of sp³-hybridized carbons (Fsp3) is 0.500. The van der Waals surface area contributed by atoms with Gasteiger partial charge in [-0.25, -0.2) is 0 Å². The van der Waals surface area contributed by atoms with Crippen molar-refractivity contribution in [3.05, 3.63) is 23.9 Å². The van der Waals surface area contributed by atoms with Crippen LogP contribution in [-0.4, -0.2) is 18.3 Å². The number of hydrogen-bond acceptors (Lipinski definition) is 4. The summed E-state index contributed by atoms with van der Waals surface area (Å²) in [7, 11) is -0.420. The molecule has 0 radical (unpaired) electrons. The molecule has 98 valence electrons. The Morgan fingerprint density at radius 2 is 1.68 bits per heavy atom. The number of nitrogens with one attached hydrogen (secondary N) is 1. The zero-order valence-corrected chi connectivity index (χ0v) is 14.9. The maximum absolute atomic E-state index is 7.86. The number of hydrogen-bond donors (Lipinski definition) is 1. The summed E-state index contributed by atoms with van der Waals surface area (Å²) >= 11 is 1.08. The van der Waals surface area contributed by atoms with Crippen LogP contribution in [0.15, 0.2) is 23.1 Å². The zero-order chi connectivity index (χ0) is 13.6. The van der Waals surface area contributed by atoms with E-state index in [1.54, 1.807) is 6.07 Å². The van der Waals surface area contributed by atoms with Crippen LogP contribution < -0.4 is 40.2 Å². The minimum atomic E-state index is -0.420. The summed E-state index contributed by atoms with van der Waals surface area (Å²) in [6, 6.07) is 5.47. The zero-order valence-electron chi connectivity index (χ0n) is 12.1. The van der Waals surface area contributed by atoms with Gasteiger partial charge in [0, 0.05) is 4.90 Å². The molecule has 4 nitrogen and oxygen atoms in total. The molecule has 1 aromatic rings. The van der Waals surface area contributed by atoms with E-state index in [4.69, 9.17) is 20.2 Å². The van der Waals surface area contributed by atoms with Crippen LogP contribution in [0.2, 0.25) is 0 Å². The summed E-state index contributed by atoms with van der Waals surface area (Å²) in [6.07, 6.45) is 0. The smallest absolute Gasteiger partial charge is 0.698 e. The molecule has 1 fully saturated rings. The number of nitrogens with two attached hydrogens (primary N) is 1. The van der Waals surface area contributed by atoms with Crippen molar-refractivity contribution >= 4 is 30.2 Å². The van der Waals surface area contributed by atoms with Gasteiger partial charge in [0.25, 0.3) is 0 Å². The maximum atomic E-state index is 7.86. The van der Waals surface area contributed by atoms with E-state index in [0.717, 1.165) is 22.3 Å². The first-order valence-electron chi connectivity index (χ1n) is 5.85. The van der Waals surface area contributed by atoms with E-state index in [-0.39, 0.29) is 40.8 Å². The fourth-order valence-electron chi connectivity index (χ4n) is 1.78. The van der Waals surface area contributed by atoms with Crippen LogP contribution in [-0.2, 0) is 9.31 Å². The molecule has 0 unspecified atom stereocenters. The molecule has 0 saturated carbocycles. The quantitative estimate of drug-likeness (QED) is 0.596. The molecule has 1 saturated heterocycles. The topological polar surface area (TPSA) is 68.3 Å². The molecule has 0 bridgehead atoms. The molecule has 7 heteroatoms. The van der Waals surface area contributed by atoms with Crippen LogP contribution in [0, 0.1) is 0 Å². The summed E-state index contributed by atoms with van der Waals surface area (Å²) < 4.78 is 11.9. The van der Waals surface area contributed by atoms with Crippen molar-refractivity contribution in [2.24, 2.45) is 5.14 Å². The molecule has 0 aliphatic carbocycles. The Balaban J connectivity index is 0.00000180. The third-order valence-electron chi connectivity index (χ3n) is 3.66. The van der Waals surface area contributed by atoms with Crippen LogP contribution in [0.3, 0.4) is 0 Å². The second-order valence-corrected chi connectivity index (χ2v) is 6.14. The Morgan fingerprint density at radius 1 is 1.16 bits per heavy atom. The summed E-state index contributed by atoms with van der Waals surface area (Å²) in [6.45, 7) is 8.05. The van der Waals surface area contributed by atoms with Crippen molar-refractivity contribution in [3.63, 3.8) is 0 Å². The maximum Gasteiger partial charge on any atom is 1.00 e. The van der Waals surface area contributed by atoms with E-state index in [1.807, 2.05) is 39.8 Å². The van der Waals surface area contributed by atoms with Gasteiger partial charge in [0.2, 0.25) is 0 Å². The third-order valence-corrected chi connectivity index (χ3v) is 4.27. The van der Waals surface area contributed by atoms with Crippen molar-refractivity contribution in [2.45, 2.75) is 43.8 Å². The predicted molar refractivity (Wildman–Crippen MR) is 76.2 cm³/mol. The average Bonchev–Trinajstić information content (AvgIpc) is 2.48. The van der Waals surface area contributed by atoms with Gasteiger partial charge < -0.3 is 15.0 Å². The normalized spacial score (nSPS) is 20.2. The fourth-order valence-corrected chi connectivity index (χ4v) is 2.11. The van der Waals surface area contributed by atoms with Gasteiger partial charge >= 0.3 is 36.7 Å². The van der Waals surface area contributed by atoms with E-state index in [0.29, 0.717) is 5.69 Å². The Hall–Kier alpha value is 0.315. The predicted octanol–water partition coefficient (Wildman–Crippen LogP) is -0.361. The van der Waals surface area contributed by atoms with Crippen molar-refractivity contribution in [3.8, 4) is 0 Å². The first-order valence-corrected chi connectivity index (χ1v) is 6.73. The van der Waals surface area contributed by atoms with E-state index in [1.165, 1.54) is 0 Å². The van der Waals surface area contributed by atoms with Gasteiger partial charge in [-0.3, -0.25) is 5.14 Å². The van der Waals surface area contributed by atoms with E-state index in [9.17, 15) is 0 Å². The van der Waals surface area contributed by atoms with Gasteiger partial charge in [-0.15, -0.1) is 5.69 Å². The molecule has 0 atom stereocenters.